The molecule has 0 unspecified atom stereocenters. The Balaban J connectivity index is 2.26. The largest absolute Gasteiger partial charge is 0.325 e. The maximum atomic E-state index is 12.5. The molecule has 0 aliphatic rings. The zero-order valence-electron chi connectivity index (χ0n) is 9.50. The molecule has 0 spiro atoms. The van der Waals surface area contributed by atoms with Gasteiger partial charge >= 0.3 is 0 Å². The van der Waals surface area contributed by atoms with Crippen molar-refractivity contribution in [2.75, 3.05) is 5.32 Å². The Hall–Kier alpha value is -1.45. The highest BCUT2D eigenvalue weighted by Crippen LogP contribution is 2.08. The van der Waals surface area contributed by atoms with E-state index in [1.165, 1.54) is 18.3 Å². The summed E-state index contributed by atoms with van der Waals surface area (Å²) in [7, 11) is 0. The molecular formula is C12H17FN2O. The maximum Gasteiger partial charge on any atom is 0.224 e. The molecule has 1 aromatic heterocycles. The number of hydrogen-bond donors (Lipinski definition) is 1. The van der Waals surface area contributed by atoms with Crippen LogP contribution in [-0.4, -0.2) is 10.9 Å². The van der Waals surface area contributed by atoms with Crippen LogP contribution in [0.15, 0.2) is 18.3 Å². The number of aromatic nitrogens is 1. The van der Waals surface area contributed by atoms with Crippen molar-refractivity contribution in [3.05, 3.63) is 24.3 Å². The van der Waals surface area contributed by atoms with E-state index < -0.39 is 5.95 Å². The van der Waals surface area contributed by atoms with E-state index in [4.69, 9.17) is 0 Å². The van der Waals surface area contributed by atoms with Gasteiger partial charge < -0.3 is 5.32 Å². The Kier molecular flexibility index (Phi) is 5.46. The molecule has 1 aromatic rings. The number of amides is 1. The average Bonchev–Trinajstić information content (AvgIpc) is 2.28. The standard InChI is InChI=1S/C12H17FN2O/c1-2-3-4-5-6-12(16)15-10-7-8-11(13)14-9-10/h7-9H,2-6H2,1H3,(H,15,16). The summed E-state index contributed by atoms with van der Waals surface area (Å²) >= 11 is 0. The summed E-state index contributed by atoms with van der Waals surface area (Å²) < 4.78 is 12.5. The smallest absolute Gasteiger partial charge is 0.224 e. The fourth-order valence-corrected chi connectivity index (χ4v) is 1.39. The van der Waals surface area contributed by atoms with Crippen LogP contribution < -0.4 is 5.32 Å². The number of pyridine rings is 1. The summed E-state index contributed by atoms with van der Waals surface area (Å²) in [6.45, 7) is 2.13. The lowest BCUT2D eigenvalue weighted by Gasteiger charge is -2.04. The lowest BCUT2D eigenvalue weighted by atomic mass is 10.1. The third-order valence-electron chi connectivity index (χ3n) is 2.27. The van der Waals surface area contributed by atoms with Crippen LogP contribution in [0.1, 0.15) is 39.0 Å². The minimum Gasteiger partial charge on any atom is -0.325 e. The van der Waals surface area contributed by atoms with Crippen molar-refractivity contribution < 1.29 is 9.18 Å². The topological polar surface area (TPSA) is 42.0 Å². The van der Waals surface area contributed by atoms with Crippen LogP contribution in [0.3, 0.4) is 0 Å². The number of nitrogens with one attached hydrogen (secondary N) is 1. The van der Waals surface area contributed by atoms with E-state index in [-0.39, 0.29) is 5.91 Å². The Morgan fingerprint density at radius 1 is 1.38 bits per heavy atom. The average molecular weight is 224 g/mol. The summed E-state index contributed by atoms with van der Waals surface area (Å²) in [4.78, 5) is 14.9. The first-order valence-electron chi connectivity index (χ1n) is 5.63. The highest BCUT2D eigenvalue weighted by molar-refractivity contribution is 5.90. The Bertz CT molecular complexity index is 324. The van der Waals surface area contributed by atoms with Gasteiger partial charge in [-0.15, -0.1) is 0 Å². The third kappa shape index (κ3) is 4.87. The second-order valence-corrected chi connectivity index (χ2v) is 3.73. The number of carbonyl (C=O) groups excluding carboxylic acids is 1. The van der Waals surface area contributed by atoms with Gasteiger partial charge in [-0.2, -0.15) is 4.39 Å². The van der Waals surface area contributed by atoms with Crippen LogP contribution in [0.25, 0.3) is 0 Å². The molecule has 0 fully saturated rings. The van der Waals surface area contributed by atoms with Crippen LogP contribution in [0.5, 0.6) is 0 Å². The quantitative estimate of drug-likeness (QED) is 0.595. The van der Waals surface area contributed by atoms with Crippen molar-refractivity contribution in [1.82, 2.24) is 4.98 Å². The van der Waals surface area contributed by atoms with Gasteiger partial charge in [-0.25, -0.2) is 4.98 Å². The van der Waals surface area contributed by atoms with Crippen molar-refractivity contribution in [3.8, 4) is 0 Å². The Labute approximate surface area is 95.1 Å². The van der Waals surface area contributed by atoms with Crippen LogP contribution in [-0.2, 0) is 4.79 Å². The first kappa shape index (κ1) is 12.6. The van der Waals surface area contributed by atoms with Gasteiger partial charge in [-0.05, 0) is 18.6 Å². The molecule has 0 bridgehead atoms. The van der Waals surface area contributed by atoms with Crippen LogP contribution in [0.4, 0.5) is 10.1 Å². The molecule has 0 aliphatic carbocycles. The molecule has 0 saturated carbocycles. The normalized spacial score (nSPS) is 10.1. The Morgan fingerprint density at radius 3 is 2.81 bits per heavy atom. The summed E-state index contributed by atoms with van der Waals surface area (Å²) in [5.41, 5.74) is 0.543. The van der Waals surface area contributed by atoms with Crippen molar-refractivity contribution >= 4 is 11.6 Å². The van der Waals surface area contributed by atoms with E-state index in [2.05, 4.69) is 17.2 Å². The van der Waals surface area contributed by atoms with Gasteiger partial charge in [0.25, 0.3) is 0 Å². The van der Waals surface area contributed by atoms with Gasteiger partial charge in [-0.1, -0.05) is 26.2 Å². The summed E-state index contributed by atoms with van der Waals surface area (Å²) in [6, 6.07) is 2.74. The molecule has 0 atom stereocenters. The molecule has 0 radical (unpaired) electrons. The zero-order chi connectivity index (χ0) is 11.8. The number of rotatable bonds is 6. The highest BCUT2D eigenvalue weighted by atomic mass is 19.1. The lowest BCUT2D eigenvalue weighted by molar-refractivity contribution is -0.116. The van der Waals surface area contributed by atoms with Crippen molar-refractivity contribution in [2.45, 2.75) is 39.0 Å². The molecule has 1 heterocycles. The first-order chi connectivity index (χ1) is 7.72. The second-order valence-electron chi connectivity index (χ2n) is 3.73. The van der Waals surface area contributed by atoms with Gasteiger partial charge in [0.1, 0.15) is 0 Å². The van der Waals surface area contributed by atoms with Crippen LogP contribution in [0, 0.1) is 5.95 Å². The van der Waals surface area contributed by atoms with E-state index in [0.29, 0.717) is 12.1 Å². The third-order valence-corrected chi connectivity index (χ3v) is 2.27. The summed E-state index contributed by atoms with van der Waals surface area (Å²) in [6.07, 6.45) is 6.12. The van der Waals surface area contributed by atoms with Crippen molar-refractivity contribution in [1.29, 1.82) is 0 Å². The first-order valence-corrected chi connectivity index (χ1v) is 5.63. The number of unbranched alkanes of at least 4 members (excludes halogenated alkanes) is 3. The predicted molar refractivity (Wildman–Crippen MR) is 61.6 cm³/mol. The van der Waals surface area contributed by atoms with Gasteiger partial charge in [-0.3, -0.25) is 4.79 Å². The SMILES string of the molecule is CCCCCCC(=O)Nc1ccc(F)nc1. The minimum absolute atomic E-state index is 0.0375. The molecule has 1 N–H and O–H groups in total. The van der Waals surface area contributed by atoms with E-state index >= 15 is 0 Å². The van der Waals surface area contributed by atoms with Gasteiger partial charge in [0.2, 0.25) is 11.9 Å². The number of halogens is 1. The van der Waals surface area contributed by atoms with Crippen molar-refractivity contribution in [2.24, 2.45) is 0 Å². The summed E-state index contributed by atoms with van der Waals surface area (Å²) in [5, 5.41) is 2.68. The number of carbonyl (C=O) groups is 1. The molecule has 0 aromatic carbocycles. The van der Waals surface area contributed by atoms with E-state index in [0.717, 1.165) is 25.7 Å². The molecule has 3 nitrogen and oxygen atoms in total. The highest BCUT2D eigenvalue weighted by Gasteiger charge is 2.02. The van der Waals surface area contributed by atoms with E-state index in [1.807, 2.05) is 0 Å². The zero-order valence-corrected chi connectivity index (χ0v) is 9.50. The second kappa shape index (κ2) is 6.93. The van der Waals surface area contributed by atoms with E-state index in [1.54, 1.807) is 0 Å². The van der Waals surface area contributed by atoms with Gasteiger partial charge in [0.15, 0.2) is 0 Å². The number of anilines is 1. The maximum absolute atomic E-state index is 12.5. The molecule has 16 heavy (non-hydrogen) atoms. The minimum atomic E-state index is -0.541. The van der Waals surface area contributed by atoms with Crippen molar-refractivity contribution in [3.63, 3.8) is 0 Å². The molecule has 88 valence electrons. The molecule has 1 rings (SSSR count). The predicted octanol–water partition coefficient (Wildman–Crippen LogP) is 3.13. The van der Waals surface area contributed by atoms with Crippen LogP contribution in [0.2, 0.25) is 0 Å². The van der Waals surface area contributed by atoms with E-state index in [9.17, 15) is 9.18 Å². The molecular weight excluding hydrogens is 207 g/mol. The Morgan fingerprint density at radius 2 is 2.19 bits per heavy atom. The molecule has 1 amide bonds. The molecule has 4 heteroatoms. The molecule has 0 saturated heterocycles. The molecule has 0 aliphatic heterocycles. The number of hydrogen-bond acceptors (Lipinski definition) is 2. The monoisotopic (exact) mass is 224 g/mol. The fraction of sp³-hybridized carbons (Fsp3) is 0.500. The lowest BCUT2D eigenvalue weighted by Crippen LogP contribution is -2.11. The number of nitrogens with zero attached hydrogens (tertiary/aromatic N) is 1. The summed E-state index contributed by atoms with van der Waals surface area (Å²) in [5.74, 6) is -0.578. The van der Waals surface area contributed by atoms with Gasteiger partial charge in [0, 0.05) is 6.42 Å². The van der Waals surface area contributed by atoms with Gasteiger partial charge in [0.05, 0.1) is 11.9 Å². The fourth-order valence-electron chi connectivity index (χ4n) is 1.39. The van der Waals surface area contributed by atoms with Crippen LogP contribution >= 0.6 is 0 Å².